The van der Waals surface area contributed by atoms with E-state index < -0.39 is 5.91 Å². The Hall–Kier alpha value is -2.38. The molecule has 1 atom stereocenters. The fraction of sp³-hybridized carbons (Fsp3) is 0.368. The molecule has 7 heteroatoms. The highest BCUT2D eigenvalue weighted by atomic mass is 32.1. The van der Waals surface area contributed by atoms with Crippen LogP contribution < -0.4 is 20.7 Å². The number of hydrogen-bond acceptors (Lipinski definition) is 4. The summed E-state index contributed by atoms with van der Waals surface area (Å²) in [4.78, 5) is 26.5. The third kappa shape index (κ3) is 4.05. The Balaban J connectivity index is 1.63. The smallest absolute Gasteiger partial charge is 0.280 e. The SMILES string of the molecule is COc1cccc(C[NH+](C)CC(=O)Nc2sc3c(c2C(N)=O)CCC3)c1. The molecule has 0 spiro atoms. The van der Waals surface area contributed by atoms with Crippen LogP contribution in [0.2, 0.25) is 0 Å². The molecular weight excluding hydrogens is 350 g/mol. The van der Waals surface area contributed by atoms with E-state index in [0.29, 0.717) is 23.7 Å². The highest BCUT2D eigenvalue weighted by Crippen LogP contribution is 2.38. The van der Waals surface area contributed by atoms with Crippen molar-refractivity contribution in [2.24, 2.45) is 5.73 Å². The van der Waals surface area contributed by atoms with Gasteiger partial charge in [0.1, 0.15) is 17.3 Å². The Morgan fingerprint density at radius 3 is 2.88 bits per heavy atom. The number of nitrogens with one attached hydrogen (secondary N) is 2. The number of thiophene rings is 1. The van der Waals surface area contributed by atoms with Crippen molar-refractivity contribution in [3.8, 4) is 5.75 Å². The number of benzene rings is 1. The van der Waals surface area contributed by atoms with E-state index in [1.165, 1.54) is 16.2 Å². The summed E-state index contributed by atoms with van der Waals surface area (Å²) >= 11 is 1.48. The van der Waals surface area contributed by atoms with Crippen molar-refractivity contribution in [3.05, 3.63) is 45.8 Å². The van der Waals surface area contributed by atoms with Gasteiger partial charge in [-0.1, -0.05) is 12.1 Å². The van der Waals surface area contributed by atoms with Crippen molar-refractivity contribution < 1.29 is 19.2 Å². The van der Waals surface area contributed by atoms with E-state index >= 15 is 0 Å². The van der Waals surface area contributed by atoms with Crippen LogP contribution in [0.3, 0.4) is 0 Å². The van der Waals surface area contributed by atoms with Crippen molar-refractivity contribution in [2.45, 2.75) is 25.8 Å². The summed E-state index contributed by atoms with van der Waals surface area (Å²) < 4.78 is 5.23. The van der Waals surface area contributed by atoms with Gasteiger partial charge >= 0.3 is 0 Å². The first kappa shape index (κ1) is 18.4. The van der Waals surface area contributed by atoms with Gasteiger partial charge in [-0.05, 0) is 37.0 Å². The van der Waals surface area contributed by atoms with E-state index in [2.05, 4.69) is 5.32 Å². The lowest BCUT2D eigenvalue weighted by Gasteiger charge is -2.14. The maximum absolute atomic E-state index is 12.4. The first-order valence-electron chi connectivity index (χ1n) is 8.66. The number of carbonyl (C=O) groups excluding carboxylic acids is 2. The molecule has 1 aliphatic carbocycles. The topological polar surface area (TPSA) is 85.9 Å². The lowest BCUT2D eigenvalue weighted by Crippen LogP contribution is -3.08. The monoisotopic (exact) mass is 374 g/mol. The number of anilines is 1. The average molecular weight is 374 g/mol. The largest absolute Gasteiger partial charge is 0.497 e. The van der Waals surface area contributed by atoms with Crippen molar-refractivity contribution >= 4 is 28.2 Å². The van der Waals surface area contributed by atoms with Crippen LogP contribution in [-0.2, 0) is 24.2 Å². The number of hydrogen-bond donors (Lipinski definition) is 3. The summed E-state index contributed by atoms with van der Waals surface area (Å²) in [5, 5.41) is 3.49. The number of methoxy groups -OCH3 is 1. The van der Waals surface area contributed by atoms with E-state index in [-0.39, 0.29) is 5.91 Å². The molecule has 0 fully saturated rings. The number of ether oxygens (including phenoxy) is 1. The van der Waals surface area contributed by atoms with Gasteiger partial charge in [-0.2, -0.15) is 0 Å². The van der Waals surface area contributed by atoms with Gasteiger partial charge in [-0.25, -0.2) is 0 Å². The fourth-order valence-electron chi connectivity index (χ4n) is 3.39. The molecule has 1 aromatic carbocycles. The van der Waals surface area contributed by atoms with E-state index in [0.717, 1.165) is 41.0 Å². The molecule has 0 bridgehead atoms. The van der Waals surface area contributed by atoms with Gasteiger partial charge in [-0.15, -0.1) is 11.3 Å². The lowest BCUT2D eigenvalue weighted by molar-refractivity contribution is -0.885. The molecule has 6 nitrogen and oxygen atoms in total. The summed E-state index contributed by atoms with van der Waals surface area (Å²) in [6, 6.07) is 7.82. The molecule has 0 saturated carbocycles. The summed E-state index contributed by atoms with van der Waals surface area (Å²) in [5.41, 5.74) is 8.16. The zero-order valence-corrected chi connectivity index (χ0v) is 15.9. The van der Waals surface area contributed by atoms with Crippen LogP contribution in [0.4, 0.5) is 5.00 Å². The molecule has 2 aromatic rings. The number of fused-ring (bicyclic) bond motifs is 1. The zero-order valence-electron chi connectivity index (χ0n) is 15.1. The molecule has 0 saturated heterocycles. The Labute approximate surface area is 156 Å². The van der Waals surface area contributed by atoms with Crippen LogP contribution in [0.15, 0.2) is 24.3 Å². The van der Waals surface area contributed by atoms with Gasteiger partial charge in [-0.3, -0.25) is 9.59 Å². The number of primary amides is 1. The molecular formula is C19H24N3O3S+. The second-order valence-electron chi connectivity index (χ2n) is 6.64. The van der Waals surface area contributed by atoms with E-state index in [1.807, 2.05) is 31.3 Å². The molecule has 0 aliphatic heterocycles. The van der Waals surface area contributed by atoms with E-state index in [1.54, 1.807) is 7.11 Å². The van der Waals surface area contributed by atoms with Crippen molar-refractivity contribution in [1.29, 1.82) is 0 Å². The number of nitrogens with two attached hydrogens (primary N) is 1. The predicted octanol–water partition coefficient (Wildman–Crippen LogP) is 0.998. The highest BCUT2D eigenvalue weighted by molar-refractivity contribution is 7.17. The predicted molar refractivity (Wildman–Crippen MR) is 102 cm³/mol. The third-order valence-electron chi connectivity index (χ3n) is 4.52. The number of rotatable bonds is 7. The van der Waals surface area contributed by atoms with Crippen molar-refractivity contribution in [2.75, 3.05) is 26.0 Å². The van der Waals surface area contributed by atoms with Crippen LogP contribution in [0.1, 0.15) is 32.8 Å². The standard InChI is InChI=1S/C19H23N3O3S/c1-22(10-12-5-3-6-13(9-12)25-2)11-16(23)21-19-17(18(20)24)14-7-4-8-15(14)26-19/h3,5-6,9H,4,7-8,10-11H2,1-2H3,(H2,20,24)(H,21,23)/p+1. The molecule has 2 amide bonds. The van der Waals surface area contributed by atoms with E-state index in [9.17, 15) is 9.59 Å². The lowest BCUT2D eigenvalue weighted by atomic mass is 10.1. The van der Waals surface area contributed by atoms with Gasteiger partial charge < -0.3 is 20.7 Å². The van der Waals surface area contributed by atoms with Gasteiger partial charge in [0.15, 0.2) is 6.54 Å². The normalized spacial score (nSPS) is 13.9. The van der Waals surface area contributed by atoms with Gasteiger partial charge in [0.25, 0.3) is 11.8 Å². The van der Waals surface area contributed by atoms with Crippen molar-refractivity contribution in [1.82, 2.24) is 0 Å². The molecule has 3 rings (SSSR count). The molecule has 1 heterocycles. The molecule has 26 heavy (non-hydrogen) atoms. The number of aryl methyl sites for hydroxylation is 1. The maximum Gasteiger partial charge on any atom is 0.280 e. The first-order valence-corrected chi connectivity index (χ1v) is 9.48. The minimum atomic E-state index is -0.461. The molecule has 1 unspecified atom stereocenters. The Bertz CT molecular complexity index is 831. The number of likely N-dealkylation sites (N-methyl/N-ethyl adjacent to an activating group) is 1. The maximum atomic E-state index is 12.4. The van der Waals surface area contributed by atoms with Gasteiger partial charge in [0.2, 0.25) is 0 Å². The Kier molecular flexibility index (Phi) is 5.58. The summed E-state index contributed by atoms with van der Waals surface area (Å²) in [5.74, 6) is 0.226. The summed E-state index contributed by atoms with van der Waals surface area (Å²) in [6.07, 6.45) is 2.86. The van der Waals surface area contributed by atoms with E-state index in [4.69, 9.17) is 10.5 Å². The quantitative estimate of drug-likeness (QED) is 0.676. The minimum absolute atomic E-state index is 0.118. The number of amides is 2. The Morgan fingerprint density at radius 2 is 2.15 bits per heavy atom. The Morgan fingerprint density at radius 1 is 1.35 bits per heavy atom. The molecule has 138 valence electrons. The molecule has 1 aromatic heterocycles. The molecule has 1 aliphatic rings. The minimum Gasteiger partial charge on any atom is -0.497 e. The highest BCUT2D eigenvalue weighted by Gasteiger charge is 2.26. The molecule has 4 N–H and O–H groups in total. The first-order chi connectivity index (χ1) is 12.5. The summed E-state index contributed by atoms with van der Waals surface area (Å²) in [6.45, 7) is 1.01. The zero-order chi connectivity index (χ0) is 18.7. The second kappa shape index (κ2) is 7.88. The number of carbonyl (C=O) groups is 2. The van der Waals surface area contributed by atoms with Crippen LogP contribution in [0.25, 0.3) is 0 Å². The van der Waals surface area contributed by atoms with Crippen LogP contribution >= 0.6 is 11.3 Å². The second-order valence-corrected chi connectivity index (χ2v) is 7.74. The fourth-order valence-corrected chi connectivity index (χ4v) is 4.70. The molecule has 0 radical (unpaired) electrons. The third-order valence-corrected chi connectivity index (χ3v) is 5.73. The van der Waals surface area contributed by atoms with Gasteiger partial charge in [0.05, 0.1) is 19.7 Å². The van der Waals surface area contributed by atoms with Crippen molar-refractivity contribution in [3.63, 3.8) is 0 Å². The number of quaternary nitrogens is 1. The van der Waals surface area contributed by atoms with Gasteiger partial charge in [0, 0.05) is 10.4 Å². The average Bonchev–Trinajstić information content (AvgIpc) is 3.14. The van der Waals surface area contributed by atoms with Crippen LogP contribution in [0.5, 0.6) is 5.75 Å². The van der Waals surface area contributed by atoms with Crippen LogP contribution in [-0.4, -0.2) is 32.5 Å². The van der Waals surface area contributed by atoms with Crippen LogP contribution in [0, 0.1) is 0 Å². The summed E-state index contributed by atoms with van der Waals surface area (Å²) in [7, 11) is 3.60.